The molecule has 19 heavy (non-hydrogen) atoms. The van der Waals surface area contributed by atoms with E-state index in [0.717, 1.165) is 0 Å². The molecule has 1 aromatic carbocycles. The Hall–Kier alpha value is -1.07. The highest BCUT2D eigenvalue weighted by atomic mass is 19.1. The smallest absolute Gasteiger partial charge is 0.494 e. The van der Waals surface area contributed by atoms with Crippen molar-refractivity contribution in [1.82, 2.24) is 0 Å². The molecule has 0 spiro atoms. The first-order valence-corrected chi connectivity index (χ1v) is 6.40. The van der Waals surface area contributed by atoms with E-state index >= 15 is 0 Å². The average Bonchev–Trinajstić information content (AvgIpc) is 2.33. The Balaban J connectivity index is 2.30. The summed E-state index contributed by atoms with van der Waals surface area (Å²) in [5.41, 5.74) is -0.146. The Morgan fingerprint density at radius 1 is 1.26 bits per heavy atom. The minimum absolute atomic E-state index is 0.126. The molecule has 1 saturated heterocycles. The second-order valence-corrected chi connectivity index (χ2v) is 6.02. The van der Waals surface area contributed by atoms with Crippen LogP contribution in [-0.2, 0) is 9.31 Å². The molecule has 1 fully saturated rings. The van der Waals surface area contributed by atoms with Gasteiger partial charge in [-0.15, -0.1) is 0 Å². The van der Waals surface area contributed by atoms with Crippen LogP contribution in [0.5, 0.6) is 5.75 Å². The number of ether oxygens (including phenoxy) is 1. The molecule has 1 heterocycles. The Labute approximate surface area is 114 Å². The lowest BCUT2D eigenvalue weighted by molar-refractivity contribution is -0.0938. The van der Waals surface area contributed by atoms with Crippen molar-refractivity contribution in [2.75, 3.05) is 13.7 Å². The molecule has 0 saturated carbocycles. The van der Waals surface area contributed by atoms with Crippen molar-refractivity contribution in [1.29, 1.82) is 0 Å². The van der Waals surface area contributed by atoms with Crippen LogP contribution < -0.4 is 10.2 Å². The van der Waals surface area contributed by atoms with Gasteiger partial charge in [-0.1, -0.05) is 26.0 Å². The second-order valence-electron chi connectivity index (χ2n) is 6.02. The van der Waals surface area contributed by atoms with Crippen LogP contribution in [-0.4, -0.2) is 26.4 Å². The zero-order valence-corrected chi connectivity index (χ0v) is 12.1. The molecule has 0 aromatic heterocycles. The summed E-state index contributed by atoms with van der Waals surface area (Å²) in [6.07, 6.45) is 0. The summed E-state index contributed by atoms with van der Waals surface area (Å²) in [6.45, 7) is 8.67. The molecule has 0 amide bonds. The Kier molecular flexibility index (Phi) is 3.62. The highest BCUT2D eigenvalue weighted by Crippen LogP contribution is 2.38. The highest BCUT2D eigenvalue weighted by molar-refractivity contribution is 6.61. The zero-order chi connectivity index (χ0) is 14.3. The maximum atomic E-state index is 14.2. The molecule has 0 aliphatic carbocycles. The molecule has 0 bridgehead atoms. The minimum Gasteiger partial charge on any atom is -0.494 e. The fourth-order valence-corrected chi connectivity index (χ4v) is 1.94. The van der Waals surface area contributed by atoms with Gasteiger partial charge < -0.3 is 14.0 Å². The van der Waals surface area contributed by atoms with Gasteiger partial charge in [-0.3, -0.25) is 0 Å². The van der Waals surface area contributed by atoms with Crippen LogP contribution in [0.25, 0.3) is 0 Å². The molecule has 3 nitrogen and oxygen atoms in total. The van der Waals surface area contributed by atoms with Crippen molar-refractivity contribution in [3.8, 4) is 5.75 Å². The lowest BCUT2D eigenvalue weighted by atomic mass is 9.69. The molecule has 1 aliphatic rings. The van der Waals surface area contributed by atoms with E-state index in [9.17, 15) is 4.39 Å². The summed E-state index contributed by atoms with van der Waals surface area (Å²) in [6, 6.07) is 4.98. The average molecular weight is 266 g/mol. The van der Waals surface area contributed by atoms with E-state index in [1.165, 1.54) is 7.11 Å². The van der Waals surface area contributed by atoms with Gasteiger partial charge in [0.05, 0.1) is 12.7 Å². The topological polar surface area (TPSA) is 27.7 Å². The lowest BCUT2D eigenvalue weighted by Gasteiger charge is -2.47. The van der Waals surface area contributed by atoms with Gasteiger partial charge in [0.2, 0.25) is 0 Å². The summed E-state index contributed by atoms with van der Waals surface area (Å²) in [7, 11) is 0.746. The van der Waals surface area contributed by atoms with E-state index in [0.29, 0.717) is 12.1 Å². The third-order valence-electron chi connectivity index (χ3n) is 4.09. The van der Waals surface area contributed by atoms with Crippen LogP contribution in [0.2, 0.25) is 0 Å². The molecule has 0 atom stereocenters. The fraction of sp³-hybridized carbons (Fsp3) is 0.571. The van der Waals surface area contributed by atoms with Crippen molar-refractivity contribution >= 4 is 12.6 Å². The molecule has 104 valence electrons. The third-order valence-corrected chi connectivity index (χ3v) is 4.09. The SMILES string of the molecule is COc1cccc(B2OCC(C)(C)C(C)(C)O2)c1F. The fourth-order valence-electron chi connectivity index (χ4n) is 1.94. The van der Waals surface area contributed by atoms with Gasteiger partial charge in [-0.25, -0.2) is 4.39 Å². The van der Waals surface area contributed by atoms with E-state index in [-0.39, 0.29) is 11.2 Å². The van der Waals surface area contributed by atoms with Crippen molar-refractivity contribution in [2.24, 2.45) is 5.41 Å². The molecule has 5 heteroatoms. The van der Waals surface area contributed by atoms with Gasteiger partial charge >= 0.3 is 7.12 Å². The van der Waals surface area contributed by atoms with E-state index in [1.54, 1.807) is 18.2 Å². The normalized spacial score (nSPS) is 21.3. The Bertz CT molecular complexity index is 474. The number of hydrogen-bond acceptors (Lipinski definition) is 3. The third kappa shape index (κ3) is 2.49. The summed E-state index contributed by atoms with van der Waals surface area (Å²) in [5.74, 6) is -0.224. The maximum Gasteiger partial charge on any atom is 0.497 e. The van der Waals surface area contributed by atoms with Crippen LogP contribution in [0, 0.1) is 11.2 Å². The standard InChI is InChI=1S/C14H20BFO3/c1-13(2)9-18-15(19-14(13,3)4)10-7-6-8-11(17-5)12(10)16/h6-8H,9H2,1-5H3. The van der Waals surface area contributed by atoms with Gasteiger partial charge in [0.15, 0.2) is 11.6 Å². The van der Waals surface area contributed by atoms with Crippen LogP contribution in [0.4, 0.5) is 4.39 Å². The molecule has 0 N–H and O–H groups in total. The van der Waals surface area contributed by atoms with Gasteiger partial charge in [-0.2, -0.15) is 0 Å². The number of benzene rings is 1. The first-order valence-electron chi connectivity index (χ1n) is 6.40. The maximum absolute atomic E-state index is 14.2. The van der Waals surface area contributed by atoms with Crippen molar-refractivity contribution in [2.45, 2.75) is 33.3 Å². The van der Waals surface area contributed by atoms with E-state index < -0.39 is 18.5 Å². The summed E-state index contributed by atoms with van der Waals surface area (Å²) < 4.78 is 30.8. The van der Waals surface area contributed by atoms with Gasteiger partial charge in [0, 0.05) is 17.5 Å². The summed E-state index contributed by atoms with van der Waals surface area (Å²) in [4.78, 5) is 0. The van der Waals surface area contributed by atoms with Crippen LogP contribution in [0.1, 0.15) is 27.7 Å². The predicted octanol–water partition coefficient (Wildman–Crippen LogP) is 2.38. The van der Waals surface area contributed by atoms with Crippen LogP contribution in [0.3, 0.4) is 0 Å². The molecular formula is C14H20BFO3. The molecule has 0 unspecified atom stereocenters. The largest absolute Gasteiger partial charge is 0.497 e. The van der Waals surface area contributed by atoms with Crippen LogP contribution >= 0.6 is 0 Å². The monoisotopic (exact) mass is 266 g/mol. The Morgan fingerprint density at radius 2 is 1.95 bits per heavy atom. The number of rotatable bonds is 2. The summed E-state index contributed by atoms with van der Waals surface area (Å²) >= 11 is 0. The minimum atomic E-state index is -0.696. The molecule has 1 aliphatic heterocycles. The highest BCUT2D eigenvalue weighted by Gasteiger charge is 2.47. The number of methoxy groups -OCH3 is 1. The lowest BCUT2D eigenvalue weighted by Crippen LogP contribution is -2.58. The predicted molar refractivity (Wildman–Crippen MR) is 73.2 cm³/mol. The summed E-state index contributed by atoms with van der Waals surface area (Å²) in [5, 5.41) is 0. The Morgan fingerprint density at radius 3 is 2.53 bits per heavy atom. The number of halogens is 1. The van der Waals surface area contributed by atoms with E-state index in [4.69, 9.17) is 14.0 Å². The van der Waals surface area contributed by atoms with Crippen LogP contribution in [0.15, 0.2) is 18.2 Å². The second kappa shape index (κ2) is 4.80. The van der Waals surface area contributed by atoms with E-state index in [2.05, 4.69) is 13.8 Å². The van der Waals surface area contributed by atoms with Gasteiger partial charge in [0.25, 0.3) is 0 Å². The van der Waals surface area contributed by atoms with E-state index in [1.807, 2.05) is 13.8 Å². The zero-order valence-electron chi connectivity index (χ0n) is 12.1. The molecule has 1 aromatic rings. The van der Waals surface area contributed by atoms with Crippen molar-refractivity contribution in [3.05, 3.63) is 24.0 Å². The van der Waals surface area contributed by atoms with Gasteiger partial charge in [0.1, 0.15) is 0 Å². The number of hydrogen-bond donors (Lipinski definition) is 0. The van der Waals surface area contributed by atoms with Gasteiger partial charge in [-0.05, 0) is 19.9 Å². The van der Waals surface area contributed by atoms with Crippen molar-refractivity contribution < 1.29 is 18.4 Å². The first kappa shape index (κ1) is 14.3. The first-order chi connectivity index (χ1) is 8.78. The molecular weight excluding hydrogens is 246 g/mol. The molecule has 2 rings (SSSR count). The molecule has 0 radical (unpaired) electrons. The van der Waals surface area contributed by atoms with Crippen molar-refractivity contribution in [3.63, 3.8) is 0 Å². The quantitative estimate of drug-likeness (QED) is 0.769.